The largest absolute Gasteiger partial charge is 0.493 e. The first-order valence-corrected chi connectivity index (χ1v) is 10.4. The van der Waals surface area contributed by atoms with E-state index in [1.165, 1.54) is 7.11 Å². The van der Waals surface area contributed by atoms with Crippen LogP contribution in [0.15, 0.2) is 48.5 Å². The average Bonchev–Trinajstić information content (AvgIpc) is 2.73. The molecule has 5 nitrogen and oxygen atoms in total. The molecular weight excluding hydrogens is 461 g/mol. The Labute approximate surface area is 195 Å². The Hall–Kier alpha value is -2.60. The van der Waals surface area contributed by atoms with Crippen LogP contribution in [0.2, 0.25) is 15.1 Å². The second-order valence-electron chi connectivity index (χ2n) is 6.79. The molecule has 0 spiro atoms. The Morgan fingerprint density at radius 1 is 1.03 bits per heavy atom. The lowest BCUT2D eigenvalue weighted by atomic mass is 10.1. The molecule has 0 heterocycles. The molecule has 31 heavy (non-hydrogen) atoms. The summed E-state index contributed by atoms with van der Waals surface area (Å²) < 4.78 is 11.3. The third-order valence-electron chi connectivity index (χ3n) is 4.68. The molecule has 0 atom stereocenters. The summed E-state index contributed by atoms with van der Waals surface area (Å²) >= 11 is 18.9. The minimum Gasteiger partial charge on any atom is -0.493 e. The summed E-state index contributed by atoms with van der Waals surface area (Å²) in [4.78, 5) is 11.2. The van der Waals surface area contributed by atoms with Gasteiger partial charge in [-0.15, -0.1) is 0 Å². The minimum absolute atomic E-state index is 0.132. The number of benzene rings is 3. The number of aryl methyl sites for hydroxylation is 1. The number of rotatable bonds is 8. The third-order valence-corrected chi connectivity index (χ3v) is 5.67. The van der Waals surface area contributed by atoms with E-state index in [0.717, 1.165) is 16.8 Å². The summed E-state index contributed by atoms with van der Waals surface area (Å²) in [5, 5.41) is 13.8. The molecule has 0 aliphatic rings. The molecule has 0 aliphatic carbocycles. The maximum absolute atomic E-state index is 11.2. The molecule has 0 radical (unpaired) electrons. The molecule has 0 aromatic heterocycles. The summed E-state index contributed by atoms with van der Waals surface area (Å²) in [5.41, 5.74) is 3.36. The van der Waals surface area contributed by atoms with Crippen LogP contribution in [0.5, 0.6) is 11.5 Å². The molecule has 0 aliphatic heterocycles. The number of aromatic carboxylic acids is 1. The first kappa shape index (κ1) is 23.1. The van der Waals surface area contributed by atoms with Crippen molar-refractivity contribution in [3.63, 3.8) is 0 Å². The highest BCUT2D eigenvalue weighted by molar-refractivity contribution is 6.36. The maximum atomic E-state index is 11.2. The zero-order chi connectivity index (χ0) is 22.5. The molecule has 2 N–H and O–H groups in total. The number of carboxylic acid groups (broad SMARTS) is 1. The van der Waals surface area contributed by atoms with E-state index in [4.69, 9.17) is 44.3 Å². The number of carboxylic acids is 1. The van der Waals surface area contributed by atoms with Gasteiger partial charge in [0, 0.05) is 27.8 Å². The quantitative estimate of drug-likeness (QED) is 0.369. The first-order chi connectivity index (χ1) is 14.8. The Balaban J connectivity index is 1.78. The van der Waals surface area contributed by atoms with Gasteiger partial charge in [-0.1, -0.05) is 46.9 Å². The van der Waals surface area contributed by atoms with Crippen LogP contribution in [0.1, 0.15) is 27.0 Å². The van der Waals surface area contributed by atoms with Crippen LogP contribution in [-0.4, -0.2) is 18.2 Å². The van der Waals surface area contributed by atoms with Gasteiger partial charge in [0.05, 0.1) is 17.7 Å². The Kier molecular flexibility index (Phi) is 7.55. The van der Waals surface area contributed by atoms with Crippen molar-refractivity contribution in [1.29, 1.82) is 0 Å². The molecule has 0 saturated carbocycles. The summed E-state index contributed by atoms with van der Waals surface area (Å²) in [5.74, 6) is -0.135. The minimum atomic E-state index is -0.979. The van der Waals surface area contributed by atoms with E-state index < -0.39 is 5.97 Å². The van der Waals surface area contributed by atoms with Gasteiger partial charge in [0.25, 0.3) is 0 Å². The summed E-state index contributed by atoms with van der Waals surface area (Å²) in [7, 11) is 1.53. The molecule has 3 rings (SSSR count). The number of halogens is 3. The van der Waals surface area contributed by atoms with Crippen LogP contribution >= 0.6 is 34.8 Å². The summed E-state index contributed by atoms with van der Waals surface area (Å²) in [6, 6.07) is 13.7. The van der Waals surface area contributed by atoms with Crippen molar-refractivity contribution < 1.29 is 19.4 Å². The summed E-state index contributed by atoms with van der Waals surface area (Å²) in [6.07, 6.45) is 0. The van der Waals surface area contributed by atoms with Gasteiger partial charge < -0.3 is 19.9 Å². The fourth-order valence-corrected chi connectivity index (χ4v) is 3.77. The highest BCUT2D eigenvalue weighted by Gasteiger charge is 2.15. The number of nitrogens with one attached hydrogen (secondary N) is 1. The molecule has 8 heteroatoms. The van der Waals surface area contributed by atoms with E-state index in [2.05, 4.69) is 5.32 Å². The van der Waals surface area contributed by atoms with Crippen LogP contribution in [0.25, 0.3) is 0 Å². The topological polar surface area (TPSA) is 67.8 Å². The standard InChI is InChI=1S/C23H20Cl3NO4/c1-13-6-7-15(23(28)29)10-20(13)27-11-14-8-19(26)22(21(9-14)30-2)31-12-16-17(24)4-3-5-18(16)25/h3-10,27H,11-12H2,1-2H3,(H,28,29). The average molecular weight is 481 g/mol. The van der Waals surface area contributed by atoms with Gasteiger partial charge >= 0.3 is 5.97 Å². The van der Waals surface area contributed by atoms with E-state index in [1.807, 2.05) is 6.92 Å². The highest BCUT2D eigenvalue weighted by atomic mass is 35.5. The number of anilines is 1. The van der Waals surface area contributed by atoms with Crippen molar-refractivity contribution in [2.75, 3.05) is 12.4 Å². The Bertz CT molecular complexity index is 1100. The lowest BCUT2D eigenvalue weighted by Gasteiger charge is -2.16. The van der Waals surface area contributed by atoms with Crippen molar-refractivity contribution in [2.45, 2.75) is 20.1 Å². The zero-order valence-electron chi connectivity index (χ0n) is 16.8. The molecule has 0 fully saturated rings. The molecule has 0 saturated heterocycles. The van der Waals surface area contributed by atoms with E-state index >= 15 is 0 Å². The van der Waals surface area contributed by atoms with Crippen LogP contribution in [0, 0.1) is 6.92 Å². The second-order valence-corrected chi connectivity index (χ2v) is 8.01. The number of ether oxygens (including phenoxy) is 2. The van der Waals surface area contributed by atoms with Gasteiger partial charge in [-0.2, -0.15) is 0 Å². The molecular formula is C23H20Cl3NO4. The fraction of sp³-hybridized carbons (Fsp3) is 0.174. The number of methoxy groups -OCH3 is 1. The number of carbonyl (C=O) groups is 1. The highest BCUT2D eigenvalue weighted by Crippen LogP contribution is 2.38. The predicted molar refractivity (Wildman–Crippen MR) is 124 cm³/mol. The van der Waals surface area contributed by atoms with Gasteiger partial charge in [-0.3, -0.25) is 0 Å². The van der Waals surface area contributed by atoms with Crippen LogP contribution in [0.4, 0.5) is 5.69 Å². The lowest BCUT2D eigenvalue weighted by molar-refractivity contribution is 0.0697. The normalized spacial score (nSPS) is 10.6. The SMILES string of the molecule is COc1cc(CNc2cc(C(=O)O)ccc2C)cc(Cl)c1OCc1c(Cl)cccc1Cl. The van der Waals surface area contributed by atoms with Crippen molar-refractivity contribution in [3.8, 4) is 11.5 Å². The smallest absolute Gasteiger partial charge is 0.335 e. The molecule has 162 valence electrons. The lowest BCUT2D eigenvalue weighted by Crippen LogP contribution is -2.05. The number of hydrogen-bond donors (Lipinski definition) is 2. The van der Waals surface area contributed by atoms with Crippen LogP contribution in [-0.2, 0) is 13.2 Å². The van der Waals surface area contributed by atoms with Crippen molar-refractivity contribution in [2.24, 2.45) is 0 Å². The molecule has 0 amide bonds. The van der Waals surface area contributed by atoms with Crippen LogP contribution in [0.3, 0.4) is 0 Å². The second kappa shape index (κ2) is 10.1. The van der Waals surface area contributed by atoms with E-state index in [9.17, 15) is 9.90 Å². The monoisotopic (exact) mass is 479 g/mol. The van der Waals surface area contributed by atoms with E-state index in [0.29, 0.717) is 38.7 Å². The molecule has 0 bridgehead atoms. The van der Waals surface area contributed by atoms with Gasteiger partial charge in [0.2, 0.25) is 0 Å². The van der Waals surface area contributed by atoms with Crippen LogP contribution < -0.4 is 14.8 Å². The molecule has 3 aromatic carbocycles. The zero-order valence-corrected chi connectivity index (χ0v) is 19.1. The Morgan fingerprint density at radius 3 is 2.39 bits per heavy atom. The first-order valence-electron chi connectivity index (χ1n) is 9.30. The number of hydrogen-bond acceptors (Lipinski definition) is 4. The fourth-order valence-electron chi connectivity index (χ4n) is 2.97. The van der Waals surface area contributed by atoms with Gasteiger partial charge in [-0.25, -0.2) is 4.79 Å². The Morgan fingerprint density at radius 2 is 1.74 bits per heavy atom. The van der Waals surface area contributed by atoms with E-state index in [1.54, 1.807) is 48.5 Å². The molecule has 0 unspecified atom stereocenters. The van der Waals surface area contributed by atoms with Crippen molar-refractivity contribution in [3.05, 3.63) is 85.9 Å². The summed E-state index contributed by atoms with van der Waals surface area (Å²) in [6.45, 7) is 2.45. The maximum Gasteiger partial charge on any atom is 0.335 e. The van der Waals surface area contributed by atoms with E-state index in [-0.39, 0.29) is 12.2 Å². The van der Waals surface area contributed by atoms with Gasteiger partial charge in [0.15, 0.2) is 11.5 Å². The third kappa shape index (κ3) is 5.56. The van der Waals surface area contributed by atoms with Crippen molar-refractivity contribution in [1.82, 2.24) is 0 Å². The van der Waals surface area contributed by atoms with Gasteiger partial charge in [0.1, 0.15) is 6.61 Å². The van der Waals surface area contributed by atoms with Crippen molar-refractivity contribution >= 4 is 46.5 Å². The predicted octanol–water partition coefficient (Wildman–Crippen LogP) is 6.85. The molecule has 3 aromatic rings. The van der Waals surface area contributed by atoms with Gasteiger partial charge in [-0.05, 0) is 54.4 Å².